The predicted octanol–water partition coefficient (Wildman–Crippen LogP) is 17.8. The van der Waals surface area contributed by atoms with Crippen LogP contribution < -0.4 is 0 Å². The summed E-state index contributed by atoms with van der Waals surface area (Å²) in [4.78, 5) is 10.7. The van der Waals surface area contributed by atoms with E-state index in [4.69, 9.17) is 14.1 Å². The number of pyridine rings is 1. The van der Waals surface area contributed by atoms with Crippen LogP contribution in [0.25, 0.3) is 95.0 Å². The summed E-state index contributed by atoms with van der Waals surface area (Å²) < 4.78 is 35.5. The first-order valence-electron chi connectivity index (χ1n) is 26.1. The van der Waals surface area contributed by atoms with E-state index in [-0.39, 0.29) is 11.2 Å². The van der Waals surface area contributed by atoms with Gasteiger partial charge >= 0.3 is 0 Å². The molecule has 0 fully saturated rings. The lowest BCUT2D eigenvalue weighted by Crippen LogP contribution is -2.17. The third-order valence-corrected chi connectivity index (χ3v) is 13.4. The Labute approximate surface area is 419 Å². The monoisotopic (exact) mass is 916 g/mol. The number of benzene rings is 8. The molecule has 10 rings (SSSR count). The number of phenols is 1. The van der Waals surface area contributed by atoms with E-state index in [1.165, 1.54) is 0 Å². The molecule has 0 aliphatic carbocycles. The normalized spacial score (nSPS) is 13.1. The molecular formula is C66H61N3O. The molecule has 8 aromatic carbocycles. The number of aromatic nitrogens is 3. The molecular weight excluding hydrogens is 851 g/mol. The van der Waals surface area contributed by atoms with Gasteiger partial charge in [-0.15, -0.1) is 0 Å². The Morgan fingerprint density at radius 2 is 1.13 bits per heavy atom. The molecule has 0 saturated heterocycles. The van der Waals surface area contributed by atoms with Gasteiger partial charge in [0.15, 0.2) is 0 Å². The molecule has 0 saturated carbocycles. The number of rotatable bonds is 9. The fourth-order valence-electron chi connectivity index (χ4n) is 9.62. The molecule has 2 heterocycles. The summed E-state index contributed by atoms with van der Waals surface area (Å²) in [5.74, 6) is -0.181. The molecule has 0 radical (unpaired) electrons. The maximum atomic E-state index is 12.8. The second-order valence-electron chi connectivity index (χ2n) is 20.7. The molecule has 10 aromatic rings. The maximum absolute atomic E-state index is 12.8. The van der Waals surface area contributed by atoms with Gasteiger partial charge < -0.3 is 5.11 Å². The Bertz CT molecular complexity index is 3690. The number of para-hydroxylation sites is 1. The zero-order chi connectivity index (χ0) is 52.3. The van der Waals surface area contributed by atoms with Gasteiger partial charge in [0.1, 0.15) is 11.6 Å². The van der Waals surface area contributed by atoms with Crippen LogP contribution in [0.2, 0.25) is 0 Å². The van der Waals surface area contributed by atoms with Crippen molar-refractivity contribution in [2.75, 3.05) is 0 Å². The summed E-state index contributed by atoms with van der Waals surface area (Å²) in [6.45, 7) is 14.7. The molecule has 4 heteroatoms. The average Bonchev–Trinajstić information content (AvgIpc) is 3.77. The van der Waals surface area contributed by atoms with Gasteiger partial charge in [-0.25, -0.2) is 4.98 Å². The highest BCUT2D eigenvalue weighted by Gasteiger charge is 2.30. The molecule has 4 nitrogen and oxygen atoms in total. The Balaban J connectivity index is 1.30. The van der Waals surface area contributed by atoms with Gasteiger partial charge in [0.05, 0.1) is 28.0 Å². The number of nitrogens with zero attached hydrogens (tertiary/aromatic N) is 3. The Morgan fingerprint density at radius 3 is 1.76 bits per heavy atom. The van der Waals surface area contributed by atoms with E-state index in [0.717, 1.165) is 100 Å². The van der Waals surface area contributed by atoms with Gasteiger partial charge in [-0.05, 0) is 134 Å². The Morgan fingerprint density at radius 1 is 0.514 bits per heavy atom. The van der Waals surface area contributed by atoms with E-state index in [9.17, 15) is 6.48 Å². The highest BCUT2D eigenvalue weighted by atomic mass is 16.3. The van der Waals surface area contributed by atoms with E-state index in [2.05, 4.69) is 149 Å². The number of hydrogen-bond donors (Lipinski definition) is 1. The van der Waals surface area contributed by atoms with Gasteiger partial charge in [-0.2, -0.15) is 0 Å². The molecule has 0 aliphatic heterocycles. The number of phenolic OH excluding ortho intramolecular Hbond substituents is 1. The highest BCUT2D eigenvalue weighted by molar-refractivity contribution is 5.99. The second-order valence-corrected chi connectivity index (χ2v) is 20.7. The minimum atomic E-state index is -2.19. The van der Waals surface area contributed by atoms with Crippen LogP contribution in [0.1, 0.15) is 89.0 Å². The van der Waals surface area contributed by atoms with E-state index >= 15 is 0 Å². The predicted molar refractivity (Wildman–Crippen MR) is 295 cm³/mol. The fraction of sp³-hybridized carbons (Fsp3) is 0.182. The molecule has 0 bridgehead atoms. The van der Waals surface area contributed by atoms with Crippen LogP contribution in [0.5, 0.6) is 5.75 Å². The molecule has 70 heavy (non-hydrogen) atoms. The number of aromatic hydroxyl groups is 1. The standard InChI is InChI=1S/C66H61N3O/c1-42(2)54-40-56(47-24-17-12-18-25-47)61(41-55(54)46-22-15-11-16-23-46)69-60-27-19-26-53(62(60)68-64(69)57-38-52(65(4,5)6)39-58(63(57)70)66(7,8)9)50-34-49(44-20-13-10-14-21-44)35-51(36-50)59-37-48(32-33-67-59)45-30-28-43(3)29-31-45/h10-42,70H,1-9H3/i3D3,42D. The molecule has 0 amide bonds. The van der Waals surface area contributed by atoms with Crippen molar-refractivity contribution in [3.05, 3.63) is 217 Å². The van der Waals surface area contributed by atoms with E-state index in [0.29, 0.717) is 17.0 Å². The Kier molecular flexibility index (Phi) is 10.7. The SMILES string of the molecule is [2H]C([2H])([2H])c1ccc(-c2ccnc(-c3cc(-c4ccccc4)cc(-c4cccc5c4nc(-c4cc(C(C)(C)C)cc(C(C)(C)C)c4O)n5-c4cc(-c5ccccc5)c(C([2H])(C)C)cc4-c4ccccc4)c3)c2)cc1. The summed E-state index contributed by atoms with van der Waals surface area (Å²) in [5.41, 5.74) is 16.7. The molecule has 2 aromatic heterocycles. The van der Waals surface area contributed by atoms with Crippen molar-refractivity contribution in [1.29, 1.82) is 0 Å². The van der Waals surface area contributed by atoms with Crippen LogP contribution >= 0.6 is 0 Å². The summed E-state index contributed by atoms with van der Waals surface area (Å²) in [6.07, 6.45) is 1.80. The molecule has 346 valence electrons. The first kappa shape index (κ1) is 41.2. The summed E-state index contributed by atoms with van der Waals surface area (Å²) in [6, 6.07) is 63.6. The molecule has 1 N–H and O–H groups in total. The quantitative estimate of drug-likeness (QED) is 0.157. The first-order valence-corrected chi connectivity index (χ1v) is 24.1. The van der Waals surface area contributed by atoms with Gasteiger partial charge in [0.25, 0.3) is 0 Å². The van der Waals surface area contributed by atoms with Crippen molar-refractivity contribution in [1.82, 2.24) is 14.5 Å². The minimum absolute atomic E-state index is 0.185. The summed E-state index contributed by atoms with van der Waals surface area (Å²) in [7, 11) is 0. The van der Waals surface area contributed by atoms with Crippen molar-refractivity contribution in [3.8, 4) is 89.7 Å². The van der Waals surface area contributed by atoms with Crippen LogP contribution in [0.4, 0.5) is 0 Å². The van der Waals surface area contributed by atoms with Gasteiger partial charge in [-0.3, -0.25) is 9.55 Å². The summed E-state index contributed by atoms with van der Waals surface area (Å²) >= 11 is 0. The third-order valence-electron chi connectivity index (χ3n) is 13.4. The lowest BCUT2D eigenvalue weighted by Gasteiger charge is -2.28. The fourth-order valence-corrected chi connectivity index (χ4v) is 9.62. The highest BCUT2D eigenvalue weighted by Crippen LogP contribution is 2.47. The largest absolute Gasteiger partial charge is 0.507 e. The average molecular weight is 916 g/mol. The van der Waals surface area contributed by atoms with Crippen molar-refractivity contribution in [2.24, 2.45) is 0 Å². The van der Waals surface area contributed by atoms with Crippen molar-refractivity contribution >= 4 is 11.0 Å². The minimum Gasteiger partial charge on any atom is -0.507 e. The van der Waals surface area contributed by atoms with Gasteiger partial charge in [0, 0.05) is 33.9 Å². The number of hydrogen-bond acceptors (Lipinski definition) is 3. The maximum Gasteiger partial charge on any atom is 0.149 e. The zero-order valence-electron chi connectivity index (χ0n) is 45.3. The topological polar surface area (TPSA) is 50.9 Å². The Hall–Kier alpha value is -7.82. The van der Waals surface area contributed by atoms with Gasteiger partial charge in [-0.1, -0.05) is 194 Å². The van der Waals surface area contributed by atoms with Crippen molar-refractivity contribution in [3.63, 3.8) is 0 Å². The van der Waals surface area contributed by atoms with Crippen LogP contribution in [-0.2, 0) is 10.8 Å². The van der Waals surface area contributed by atoms with Crippen LogP contribution in [0.3, 0.4) is 0 Å². The smallest absolute Gasteiger partial charge is 0.149 e. The van der Waals surface area contributed by atoms with Crippen molar-refractivity contribution in [2.45, 2.75) is 79.0 Å². The molecule has 0 aliphatic rings. The number of aryl methyl sites for hydroxylation is 1. The van der Waals surface area contributed by atoms with Gasteiger partial charge in [0.2, 0.25) is 0 Å². The number of imidazole rings is 1. The van der Waals surface area contributed by atoms with E-state index in [1.807, 2.05) is 86.6 Å². The van der Waals surface area contributed by atoms with E-state index < -0.39 is 18.2 Å². The zero-order valence-corrected chi connectivity index (χ0v) is 41.3. The second kappa shape index (κ2) is 18.3. The molecule has 0 atom stereocenters. The van der Waals surface area contributed by atoms with Crippen LogP contribution in [-0.4, -0.2) is 19.6 Å². The third kappa shape index (κ3) is 8.87. The molecule has 0 unspecified atom stereocenters. The van der Waals surface area contributed by atoms with Crippen LogP contribution in [0, 0.1) is 6.85 Å². The first-order chi connectivity index (χ1) is 35.1. The number of fused-ring (bicyclic) bond motifs is 1. The van der Waals surface area contributed by atoms with E-state index in [1.54, 1.807) is 18.3 Å². The van der Waals surface area contributed by atoms with Crippen molar-refractivity contribution < 1.29 is 10.6 Å². The van der Waals surface area contributed by atoms with Crippen LogP contribution in [0.15, 0.2) is 194 Å². The molecule has 0 spiro atoms. The lowest BCUT2D eigenvalue weighted by atomic mass is 9.79. The lowest BCUT2D eigenvalue weighted by molar-refractivity contribution is 0.446. The summed E-state index contributed by atoms with van der Waals surface area (Å²) in [5, 5.41) is 12.8.